The van der Waals surface area contributed by atoms with Gasteiger partial charge >= 0.3 is 0 Å². The summed E-state index contributed by atoms with van der Waals surface area (Å²) in [5.41, 5.74) is 1.90. The molecule has 4 aromatic rings. The number of rotatable bonds is 3. The number of carbonyl (C=O) groups is 1. The molecule has 0 atom stereocenters. The molecule has 1 amide bonds. The second kappa shape index (κ2) is 7.63. The topological polar surface area (TPSA) is 77.1 Å². The van der Waals surface area contributed by atoms with Crippen LogP contribution in [-0.4, -0.2) is 37.3 Å². The van der Waals surface area contributed by atoms with Gasteiger partial charge in [0, 0.05) is 37.3 Å². The molecule has 0 bridgehead atoms. The van der Waals surface area contributed by atoms with E-state index in [1.165, 1.54) is 17.0 Å². The molecule has 10 heteroatoms. The number of hydrogen-bond acceptors (Lipinski definition) is 5. The Morgan fingerprint density at radius 3 is 2.69 bits per heavy atom. The third-order valence-electron chi connectivity index (χ3n) is 5.43. The van der Waals surface area contributed by atoms with E-state index in [0.29, 0.717) is 30.3 Å². The summed E-state index contributed by atoms with van der Waals surface area (Å²) in [4.78, 5) is 18.6. The zero-order valence-corrected chi connectivity index (χ0v) is 16.8. The number of aryl methyl sites for hydroxylation is 1. The second-order valence-corrected chi connectivity index (χ2v) is 7.40. The van der Waals surface area contributed by atoms with Crippen molar-refractivity contribution >= 4 is 5.91 Å². The SMILES string of the molecule is Cn1nc(-c2nc(-c3ccccc3F)no2)c2c1CCN(C(=O)c1ccc(F)cc1F)C2. The van der Waals surface area contributed by atoms with Crippen LogP contribution in [0.15, 0.2) is 47.0 Å². The van der Waals surface area contributed by atoms with Crippen LogP contribution in [0, 0.1) is 17.5 Å². The van der Waals surface area contributed by atoms with Gasteiger partial charge in [-0.1, -0.05) is 17.3 Å². The fraction of sp³-hybridized carbons (Fsp3) is 0.182. The molecule has 0 saturated heterocycles. The number of halogens is 3. The lowest BCUT2D eigenvalue weighted by Crippen LogP contribution is -2.36. The molecule has 0 aliphatic carbocycles. The van der Waals surface area contributed by atoms with Crippen molar-refractivity contribution in [1.29, 1.82) is 0 Å². The monoisotopic (exact) mass is 439 g/mol. The minimum Gasteiger partial charge on any atom is -0.334 e. The van der Waals surface area contributed by atoms with Gasteiger partial charge in [0.2, 0.25) is 5.82 Å². The van der Waals surface area contributed by atoms with E-state index in [-0.39, 0.29) is 29.4 Å². The molecule has 0 radical (unpaired) electrons. The fourth-order valence-electron chi connectivity index (χ4n) is 3.84. The number of aromatic nitrogens is 4. The molecular formula is C22H16F3N5O2. The van der Waals surface area contributed by atoms with Gasteiger partial charge in [-0.25, -0.2) is 13.2 Å². The van der Waals surface area contributed by atoms with Gasteiger partial charge in [-0.3, -0.25) is 9.48 Å². The molecule has 2 aromatic carbocycles. The van der Waals surface area contributed by atoms with Crippen LogP contribution in [0.4, 0.5) is 13.2 Å². The van der Waals surface area contributed by atoms with Gasteiger partial charge in [-0.15, -0.1) is 0 Å². The standard InChI is InChI=1S/C22H16F3N5O2/c1-29-18-8-9-30(22(31)14-7-6-12(23)10-17(14)25)11-15(18)19(27-29)21-26-20(28-32-21)13-4-2-3-5-16(13)24/h2-7,10H,8-9,11H2,1H3. The van der Waals surface area contributed by atoms with Crippen LogP contribution < -0.4 is 0 Å². The third-order valence-corrected chi connectivity index (χ3v) is 5.43. The molecule has 0 spiro atoms. The Morgan fingerprint density at radius 1 is 1.09 bits per heavy atom. The average molecular weight is 439 g/mol. The first-order chi connectivity index (χ1) is 15.4. The summed E-state index contributed by atoms with van der Waals surface area (Å²) in [6.45, 7) is 0.470. The largest absolute Gasteiger partial charge is 0.334 e. The van der Waals surface area contributed by atoms with Crippen molar-refractivity contribution in [2.75, 3.05) is 6.54 Å². The number of carbonyl (C=O) groups excluding carboxylic acids is 1. The lowest BCUT2D eigenvalue weighted by Gasteiger charge is -2.27. The van der Waals surface area contributed by atoms with Crippen molar-refractivity contribution in [3.05, 3.63) is 76.7 Å². The van der Waals surface area contributed by atoms with Gasteiger partial charge in [-0.2, -0.15) is 10.1 Å². The highest BCUT2D eigenvalue weighted by molar-refractivity contribution is 5.94. The average Bonchev–Trinajstić information content (AvgIpc) is 3.38. The highest BCUT2D eigenvalue weighted by atomic mass is 19.1. The Bertz CT molecular complexity index is 1350. The Morgan fingerprint density at radius 2 is 1.91 bits per heavy atom. The van der Waals surface area contributed by atoms with Gasteiger partial charge in [0.05, 0.1) is 17.7 Å². The first kappa shape index (κ1) is 20.0. The van der Waals surface area contributed by atoms with Crippen LogP contribution in [0.2, 0.25) is 0 Å². The van der Waals surface area contributed by atoms with Crippen LogP contribution in [0.1, 0.15) is 21.6 Å². The molecule has 5 rings (SSSR count). The molecule has 1 aliphatic heterocycles. The minimum atomic E-state index is -0.918. The third kappa shape index (κ3) is 3.33. The van der Waals surface area contributed by atoms with Gasteiger partial charge in [0.25, 0.3) is 11.8 Å². The van der Waals surface area contributed by atoms with Crippen molar-refractivity contribution < 1.29 is 22.5 Å². The Balaban J connectivity index is 1.48. The molecule has 0 fully saturated rings. The van der Waals surface area contributed by atoms with Crippen molar-refractivity contribution in [3.8, 4) is 23.0 Å². The molecule has 1 aliphatic rings. The quantitative estimate of drug-likeness (QED) is 0.486. The molecule has 0 unspecified atom stereocenters. The lowest BCUT2D eigenvalue weighted by atomic mass is 10.0. The molecule has 162 valence electrons. The predicted octanol–water partition coefficient (Wildman–Crippen LogP) is 3.75. The highest BCUT2D eigenvalue weighted by Gasteiger charge is 2.31. The van der Waals surface area contributed by atoms with Gasteiger partial charge < -0.3 is 9.42 Å². The van der Waals surface area contributed by atoms with E-state index in [4.69, 9.17) is 4.52 Å². The maximum atomic E-state index is 14.1. The number of fused-ring (bicyclic) bond motifs is 1. The molecular weight excluding hydrogens is 423 g/mol. The minimum absolute atomic E-state index is 0.0784. The van der Waals surface area contributed by atoms with Crippen LogP contribution in [0.5, 0.6) is 0 Å². The zero-order valence-electron chi connectivity index (χ0n) is 16.8. The van der Waals surface area contributed by atoms with Gasteiger partial charge in [0.1, 0.15) is 17.5 Å². The summed E-state index contributed by atoms with van der Waals surface area (Å²) in [5.74, 6) is -2.55. The summed E-state index contributed by atoms with van der Waals surface area (Å²) in [7, 11) is 1.76. The van der Waals surface area contributed by atoms with E-state index < -0.39 is 23.4 Å². The maximum Gasteiger partial charge on any atom is 0.279 e. The van der Waals surface area contributed by atoms with Crippen molar-refractivity contribution in [1.82, 2.24) is 24.8 Å². The predicted molar refractivity (Wildman–Crippen MR) is 107 cm³/mol. The summed E-state index contributed by atoms with van der Waals surface area (Å²) in [5, 5.41) is 8.32. The Kier molecular flexibility index (Phi) is 4.76. The van der Waals surface area contributed by atoms with Gasteiger partial charge in [-0.05, 0) is 24.3 Å². The number of nitrogens with zero attached hydrogens (tertiary/aromatic N) is 5. The summed E-state index contributed by atoms with van der Waals surface area (Å²) in [6, 6.07) is 8.91. The normalized spacial score (nSPS) is 13.3. The second-order valence-electron chi connectivity index (χ2n) is 7.40. The van der Waals surface area contributed by atoms with E-state index in [2.05, 4.69) is 15.2 Å². The number of amides is 1. The van der Waals surface area contributed by atoms with Crippen LogP contribution in [-0.2, 0) is 20.0 Å². The Labute approximate surface area is 180 Å². The molecule has 0 saturated carbocycles. The molecule has 32 heavy (non-hydrogen) atoms. The molecule has 7 nitrogen and oxygen atoms in total. The first-order valence-corrected chi connectivity index (χ1v) is 9.80. The highest BCUT2D eigenvalue weighted by Crippen LogP contribution is 2.31. The molecule has 3 heterocycles. The summed E-state index contributed by atoms with van der Waals surface area (Å²) < 4.78 is 48.4. The van der Waals surface area contributed by atoms with E-state index in [1.54, 1.807) is 23.9 Å². The molecule has 0 N–H and O–H groups in total. The molecule has 2 aromatic heterocycles. The first-order valence-electron chi connectivity index (χ1n) is 9.80. The Hall–Kier alpha value is -3.95. The van der Waals surface area contributed by atoms with Crippen LogP contribution >= 0.6 is 0 Å². The van der Waals surface area contributed by atoms with E-state index in [9.17, 15) is 18.0 Å². The summed E-state index contributed by atoms with van der Waals surface area (Å²) in [6.07, 6.45) is 0.474. The van der Waals surface area contributed by atoms with Crippen molar-refractivity contribution in [2.24, 2.45) is 7.05 Å². The van der Waals surface area contributed by atoms with E-state index >= 15 is 0 Å². The maximum absolute atomic E-state index is 14.1. The van der Waals surface area contributed by atoms with Crippen LogP contribution in [0.25, 0.3) is 23.0 Å². The van der Waals surface area contributed by atoms with E-state index in [0.717, 1.165) is 17.8 Å². The van der Waals surface area contributed by atoms with Gasteiger partial charge in [0.15, 0.2) is 5.69 Å². The summed E-state index contributed by atoms with van der Waals surface area (Å²) >= 11 is 0. The van der Waals surface area contributed by atoms with E-state index in [1.807, 2.05) is 0 Å². The number of benzene rings is 2. The lowest BCUT2D eigenvalue weighted by molar-refractivity contribution is 0.0728. The van der Waals surface area contributed by atoms with Crippen molar-refractivity contribution in [3.63, 3.8) is 0 Å². The fourth-order valence-corrected chi connectivity index (χ4v) is 3.84. The van der Waals surface area contributed by atoms with Crippen molar-refractivity contribution in [2.45, 2.75) is 13.0 Å². The van der Waals surface area contributed by atoms with Crippen LogP contribution in [0.3, 0.4) is 0 Å². The zero-order chi connectivity index (χ0) is 22.4. The number of hydrogen-bond donors (Lipinski definition) is 0. The smallest absolute Gasteiger partial charge is 0.279 e.